The zero-order chi connectivity index (χ0) is 28.4. The minimum atomic E-state index is -0.948. The summed E-state index contributed by atoms with van der Waals surface area (Å²) < 4.78 is 6.33. The Bertz CT molecular complexity index is 1160. The predicted molar refractivity (Wildman–Crippen MR) is 162 cm³/mol. The van der Waals surface area contributed by atoms with Gasteiger partial charge in [0.2, 0.25) is 5.91 Å². The molecule has 2 saturated carbocycles. The number of nitrogens with zero attached hydrogens (tertiary/aromatic N) is 3. The van der Waals surface area contributed by atoms with Gasteiger partial charge >= 0.3 is 5.97 Å². The normalized spacial score (nSPS) is 26.1. The lowest BCUT2D eigenvalue weighted by atomic mass is 9.81. The summed E-state index contributed by atoms with van der Waals surface area (Å²) in [4.78, 5) is 36.9. The van der Waals surface area contributed by atoms with Gasteiger partial charge in [-0.2, -0.15) is 0 Å². The average molecular weight is 588 g/mol. The minimum Gasteiger partial charge on any atom is -0.477 e. The molecule has 5 rings (SSSR count). The molecule has 220 valence electrons. The molecular weight excluding hydrogens is 542 g/mol. The van der Waals surface area contributed by atoms with Crippen molar-refractivity contribution in [1.82, 2.24) is 9.88 Å². The van der Waals surface area contributed by atoms with Crippen LogP contribution in [0.15, 0.2) is 11.4 Å². The topological polar surface area (TPSA) is 83.0 Å². The van der Waals surface area contributed by atoms with E-state index in [0.29, 0.717) is 11.6 Å². The van der Waals surface area contributed by atoms with Crippen molar-refractivity contribution in [2.45, 2.75) is 116 Å². The molecule has 2 aliphatic carbocycles. The largest absolute Gasteiger partial charge is 0.477 e. The summed E-state index contributed by atoms with van der Waals surface area (Å²) >= 11 is 2.89. The van der Waals surface area contributed by atoms with Crippen LogP contribution in [0.25, 0.3) is 0 Å². The fraction of sp³-hybridized carbons (Fsp3) is 0.710. The number of hydrogen-bond acceptors (Lipinski definition) is 7. The van der Waals surface area contributed by atoms with Crippen LogP contribution < -0.4 is 9.64 Å². The van der Waals surface area contributed by atoms with Gasteiger partial charge in [-0.3, -0.25) is 9.69 Å². The number of anilines is 1. The first-order chi connectivity index (χ1) is 19.1. The highest BCUT2D eigenvalue weighted by molar-refractivity contribution is 7.14. The molecule has 0 bridgehead atoms. The number of hydrogen-bond donors (Lipinski definition) is 1. The van der Waals surface area contributed by atoms with Crippen LogP contribution in [0.3, 0.4) is 0 Å². The average Bonchev–Trinajstić information content (AvgIpc) is 3.68. The van der Waals surface area contributed by atoms with E-state index >= 15 is 0 Å². The van der Waals surface area contributed by atoms with Gasteiger partial charge < -0.3 is 14.7 Å². The molecule has 3 aliphatic rings. The molecule has 3 heterocycles. The smallest absolute Gasteiger partial charge is 0.348 e. The highest BCUT2D eigenvalue weighted by atomic mass is 32.1. The molecule has 0 radical (unpaired) electrons. The van der Waals surface area contributed by atoms with E-state index in [1.807, 2.05) is 11.0 Å². The third-order valence-electron chi connectivity index (χ3n) is 8.90. The first kappa shape index (κ1) is 29.5. The molecular formula is C31H45N3O4S2. The molecule has 3 fully saturated rings. The van der Waals surface area contributed by atoms with E-state index in [1.165, 1.54) is 24.2 Å². The third-order valence-corrected chi connectivity index (χ3v) is 11.2. The number of carbonyl (C=O) groups is 2. The molecule has 2 aromatic rings. The van der Waals surface area contributed by atoms with Gasteiger partial charge in [-0.25, -0.2) is 9.78 Å². The monoisotopic (exact) mass is 587 g/mol. The van der Waals surface area contributed by atoms with Crippen LogP contribution in [0.4, 0.5) is 5.69 Å². The lowest BCUT2D eigenvalue weighted by molar-refractivity contribution is -0.124. The molecule has 9 heteroatoms. The second-order valence-corrected chi connectivity index (χ2v) is 15.1. The number of carboxylic acid groups (broad SMARTS) is 1. The molecule has 2 aromatic heterocycles. The molecule has 1 amide bonds. The van der Waals surface area contributed by atoms with Crippen LogP contribution in [0.2, 0.25) is 0 Å². The Labute approximate surface area is 246 Å². The van der Waals surface area contributed by atoms with Gasteiger partial charge in [-0.05, 0) is 94.7 Å². The molecule has 7 nitrogen and oxygen atoms in total. The Morgan fingerprint density at radius 2 is 1.75 bits per heavy atom. The molecule has 0 spiro atoms. The fourth-order valence-electron chi connectivity index (χ4n) is 6.43. The van der Waals surface area contributed by atoms with E-state index in [-0.39, 0.29) is 34.3 Å². The van der Waals surface area contributed by atoms with Crippen molar-refractivity contribution in [3.05, 3.63) is 26.9 Å². The van der Waals surface area contributed by atoms with Gasteiger partial charge in [0.05, 0.1) is 11.4 Å². The van der Waals surface area contributed by atoms with Gasteiger partial charge in [0.1, 0.15) is 11.0 Å². The van der Waals surface area contributed by atoms with E-state index in [0.717, 1.165) is 86.8 Å². The first-order valence-corrected chi connectivity index (χ1v) is 16.8. The summed E-state index contributed by atoms with van der Waals surface area (Å²) in [5.41, 5.74) is 1.50. The van der Waals surface area contributed by atoms with Crippen LogP contribution in [-0.4, -0.2) is 52.1 Å². The number of ether oxygens (including phenoxy) is 1. The number of amides is 1. The Morgan fingerprint density at radius 3 is 2.38 bits per heavy atom. The predicted octanol–water partition coefficient (Wildman–Crippen LogP) is 7.35. The Morgan fingerprint density at radius 1 is 1.07 bits per heavy atom. The second-order valence-electron chi connectivity index (χ2n) is 13.2. The SMILES string of the molecule is CC1CCC(C(=O)N(c2cc(C(C)(C)C)sc2C(=O)O)C2CCC(Oc3nc(CN4CCCC4)cs3)CC2)CC1. The lowest BCUT2D eigenvalue weighted by Crippen LogP contribution is -2.47. The first-order valence-electron chi connectivity index (χ1n) is 15.1. The van der Waals surface area contributed by atoms with E-state index in [9.17, 15) is 14.7 Å². The van der Waals surface area contributed by atoms with Crippen LogP contribution >= 0.6 is 22.7 Å². The molecule has 0 aromatic carbocycles. The van der Waals surface area contributed by atoms with Gasteiger partial charge in [0.25, 0.3) is 5.19 Å². The van der Waals surface area contributed by atoms with E-state index in [2.05, 4.69) is 38.0 Å². The maximum Gasteiger partial charge on any atom is 0.348 e. The summed E-state index contributed by atoms with van der Waals surface area (Å²) in [5.74, 6) is -0.219. The number of thiophene rings is 1. The number of carboxylic acids is 1. The van der Waals surface area contributed by atoms with Gasteiger partial charge in [-0.1, -0.05) is 39.0 Å². The maximum atomic E-state index is 14.1. The molecule has 1 aliphatic heterocycles. The zero-order valence-electron chi connectivity index (χ0n) is 24.5. The quantitative estimate of drug-likeness (QED) is 0.348. The fourth-order valence-corrected chi connectivity index (χ4v) is 8.20. The van der Waals surface area contributed by atoms with Gasteiger partial charge in [0, 0.05) is 28.8 Å². The number of carbonyl (C=O) groups excluding carboxylic acids is 1. The zero-order valence-corrected chi connectivity index (χ0v) is 26.1. The Hall–Kier alpha value is -1.97. The summed E-state index contributed by atoms with van der Waals surface area (Å²) in [5, 5.41) is 13.0. The number of aromatic carboxylic acids is 1. The van der Waals surface area contributed by atoms with Crippen molar-refractivity contribution < 1.29 is 19.4 Å². The summed E-state index contributed by atoms with van der Waals surface area (Å²) in [6.45, 7) is 11.7. The Balaban J connectivity index is 1.31. The van der Waals surface area contributed by atoms with Crippen LogP contribution in [0.1, 0.15) is 112 Å². The summed E-state index contributed by atoms with van der Waals surface area (Å²) in [7, 11) is 0. The van der Waals surface area contributed by atoms with E-state index in [1.54, 1.807) is 11.3 Å². The maximum absolute atomic E-state index is 14.1. The highest BCUT2D eigenvalue weighted by Gasteiger charge is 2.38. The molecule has 1 N–H and O–H groups in total. The highest BCUT2D eigenvalue weighted by Crippen LogP contribution is 2.42. The summed E-state index contributed by atoms with van der Waals surface area (Å²) in [6.07, 6.45) is 9.75. The number of aromatic nitrogens is 1. The number of thiazole rings is 1. The van der Waals surface area contributed by atoms with E-state index in [4.69, 9.17) is 9.72 Å². The second kappa shape index (κ2) is 12.5. The molecule has 0 atom stereocenters. The van der Waals surface area contributed by atoms with Crippen molar-refractivity contribution in [2.75, 3.05) is 18.0 Å². The summed E-state index contributed by atoms with van der Waals surface area (Å²) in [6, 6.07) is 1.96. The molecule has 1 saturated heterocycles. The Kier molecular flexibility index (Phi) is 9.22. The minimum absolute atomic E-state index is 0.0192. The van der Waals surface area contributed by atoms with Crippen molar-refractivity contribution >= 4 is 40.2 Å². The number of likely N-dealkylation sites (tertiary alicyclic amines) is 1. The van der Waals surface area contributed by atoms with Crippen LogP contribution in [0, 0.1) is 11.8 Å². The number of rotatable bonds is 8. The van der Waals surface area contributed by atoms with Gasteiger partial charge in [-0.15, -0.1) is 11.3 Å². The van der Waals surface area contributed by atoms with Gasteiger partial charge in [0.15, 0.2) is 0 Å². The molecule has 40 heavy (non-hydrogen) atoms. The lowest BCUT2D eigenvalue weighted by Gasteiger charge is -2.39. The van der Waals surface area contributed by atoms with E-state index < -0.39 is 5.97 Å². The standard InChI is InChI=1S/C31H45N3O4S2/c1-20-7-9-21(10-8-20)28(35)34(25-17-26(31(2,3)4)40-27(25)29(36)37)23-11-13-24(14-12-23)38-30-32-22(19-39-30)18-33-15-5-6-16-33/h17,19-21,23-24H,5-16,18H2,1-4H3,(H,36,37). The van der Waals surface area contributed by atoms with Crippen molar-refractivity contribution in [3.8, 4) is 5.19 Å². The van der Waals surface area contributed by atoms with Crippen LogP contribution in [-0.2, 0) is 16.8 Å². The van der Waals surface area contributed by atoms with Crippen molar-refractivity contribution in [3.63, 3.8) is 0 Å². The van der Waals surface area contributed by atoms with Crippen LogP contribution in [0.5, 0.6) is 5.19 Å². The van der Waals surface area contributed by atoms with Crippen molar-refractivity contribution in [2.24, 2.45) is 11.8 Å². The van der Waals surface area contributed by atoms with Crippen molar-refractivity contribution in [1.29, 1.82) is 0 Å². The third kappa shape index (κ3) is 6.90. The molecule has 0 unspecified atom stereocenters.